The summed E-state index contributed by atoms with van der Waals surface area (Å²) in [5, 5.41) is 3.89. The quantitative estimate of drug-likeness (QED) is 0.843. The Bertz CT molecular complexity index is 654. The molecule has 3 nitrogen and oxygen atoms in total. The van der Waals surface area contributed by atoms with Crippen LogP contribution in [-0.2, 0) is 4.74 Å². The van der Waals surface area contributed by atoms with Crippen LogP contribution in [0.1, 0.15) is 27.7 Å². The topological polar surface area (TPSA) is 38.3 Å². The number of anilines is 1. The number of rotatable bonds is 2. The minimum Gasteiger partial charge on any atom is -0.434 e. The van der Waals surface area contributed by atoms with Gasteiger partial charge in [-0.2, -0.15) is 0 Å². The van der Waals surface area contributed by atoms with Crippen LogP contribution in [0.4, 0.5) is 5.69 Å². The molecule has 1 heterocycles. The predicted octanol–water partition coefficient (Wildman–Crippen LogP) is 3.93. The lowest BCUT2D eigenvalue weighted by Gasteiger charge is -2.16. The van der Waals surface area contributed by atoms with E-state index in [4.69, 9.17) is 16.3 Å². The van der Waals surface area contributed by atoms with Gasteiger partial charge in [0.15, 0.2) is 0 Å². The molecule has 4 heteroatoms. The van der Waals surface area contributed by atoms with E-state index in [2.05, 4.69) is 5.32 Å². The van der Waals surface area contributed by atoms with Crippen molar-refractivity contribution in [3.63, 3.8) is 0 Å². The molecule has 2 aromatic carbocycles. The van der Waals surface area contributed by atoms with E-state index in [1.165, 1.54) is 0 Å². The van der Waals surface area contributed by atoms with Gasteiger partial charge in [0.1, 0.15) is 0 Å². The second-order valence-corrected chi connectivity index (χ2v) is 4.84. The second kappa shape index (κ2) is 4.59. The number of halogens is 1. The van der Waals surface area contributed by atoms with E-state index in [1.54, 1.807) is 6.07 Å². The van der Waals surface area contributed by atoms with Crippen molar-refractivity contribution in [1.29, 1.82) is 0 Å². The number of esters is 1. The zero-order chi connectivity index (χ0) is 13.4. The number of cyclic esters (lactones) is 1. The summed E-state index contributed by atoms with van der Waals surface area (Å²) in [4.78, 5) is 11.7. The Labute approximate surface area is 116 Å². The molecule has 1 atom stereocenters. The summed E-state index contributed by atoms with van der Waals surface area (Å²) in [6.07, 6.45) is -0.458. The Morgan fingerprint density at radius 1 is 1.16 bits per heavy atom. The Morgan fingerprint density at radius 2 is 1.95 bits per heavy atom. The van der Waals surface area contributed by atoms with E-state index in [0.717, 1.165) is 16.8 Å². The summed E-state index contributed by atoms with van der Waals surface area (Å²) in [6, 6.07) is 13.0. The molecule has 1 aliphatic heterocycles. The zero-order valence-electron chi connectivity index (χ0n) is 10.3. The molecule has 0 amide bonds. The van der Waals surface area contributed by atoms with Crippen LogP contribution >= 0.6 is 11.6 Å². The molecular weight excluding hydrogens is 262 g/mol. The maximum atomic E-state index is 11.7. The molecule has 96 valence electrons. The van der Waals surface area contributed by atoms with Crippen molar-refractivity contribution >= 4 is 23.3 Å². The Hall–Kier alpha value is -2.00. The minimum absolute atomic E-state index is 0.298. The Kier molecular flexibility index (Phi) is 2.91. The van der Waals surface area contributed by atoms with Gasteiger partial charge in [0, 0.05) is 16.3 Å². The molecule has 0 spiro atoms. The van der Waals surface area contributed by atoms with Crippen LogP contribution in [0.3, 0.4) is 0 Å². The lowest BCUT2D eigenvalue weighted by Crippen LogP contribution is -2.11. The van der Waals surface area contributed by atoms with Crippen LogP contribution in [0.25, 0.3) is 0 Å². The maximum Gasteiger partial charge on any atom is 0.340 e. The van der Waals surface area contributed by atoms with Gasteiger partial charge < -0.3 is 10.1 Å². The van der Waals surface area contributed by atoms with Crippen LogP contribution in [-0.4, -0.2) is 5.97 Å². The molecule has 0 saturated heterocycles. The van der Waals surface area contributed by atoms with Gasteiger partial charge in [-0.25, -0.2) is 4.79 Å². The molecule has 0 saturated carbocycles. The van der Waals surface area contributed by atoms with Crippen LogP contribution in [0, 0.1) is 6.92 Å². The highest BCUT2D eigenvalue weighted by Crippen LogP contribution is 2.33. The Balaban J connectivity index is 1.94. The number of nitrogens with one attached hydrogen (secondary N) is 1. The van der Waals surface area contributed by atoms with E-state index in [1.807, 2.05) is 43.3 Å². The third kappa shape index (κ3) is 2.06. The molecule has 1 aliphatic rings. The van der Waals surface area contributed by atoms with Crippen molar-refractivity contribution < 1.29 is 9.53 Å². The predicted molar refractivity (Wildman–Crippen MR) is 74.4 cm³/mol. The highest BCUT2D eigenvalue weighted by molar-refractivity contribution is 6.31. The maximum absolute atomic E-state index is 11.7. The molecule has 0 unspecified atom stereocenters. The minimum atomic E-state index is -0.458. The van der Waals surface area contributed by atoms with E-state index in [-0.39, 0.29) is 5.97 Å². The summed E-state index contributed by atoms with van der Waals surface area (Å²) in [5.41, 5.74) is 3.26. The highest BCUT2D eigenvalue weighted by atomic mass is 35.5. The molecule has 0 bridgehead atoms. The van der Waals surface area contributed by atoms with Gasteiger partial charge >= 0.3 is 5.97 Å². The number of carbonyl (C=O) groups excluding carboxylic acids is 1. The average Bonchev–Trinajstić information content (AvgIpc) is 2.73. The van der Waals surface area contributed by atoms with E-state index >= 15 is 0 Å². The van der Waals surface area contributed by atoms with E-state index < -0.39 is 6.23 Å². The summed E-state index contributed by atoms with van der Waals surface area (Å²) in [6.45, 7) is 1.92. The number of fused-ring (bicyclic) bond motifs is 1. The molecule has 0 radical (unpaired) electrons. The number of hydrogen-bond donors (Lipinski definition) is 1. The molecule has 2 aromatic rings. The molecule has 1 N–H and O–H groups in total. The molecule has 0 fully saturated rings. The van der Waals surface area contributed by atoms with Crippen molar-refractivity contribution in [2.45, 2.75) is 13.2 Å². The first-order chi connectivity index (χ1) is 9.16. The molecular formula is C15H12ClNO2. The van der Waals surface area contributed by atoms with Gasteiger partial charge in [-0.3, -0.25) is 0 Å². The first-order valence-corrected chi connectivity index (χ1v) is 6.36. The third-order valence-corrected chi connectivity index (χ3v) is 3.65. The fourth-order valence-corrected chi connectivity index (χ4v) is 2.33. The van der Waals surface area contributed by atoms with Gasteiger partial charge in [-0.05, 0) is 30.7 Å². The van der Waals surface area contributed by atoms with Crippen molar-refractivity contribution in [2.24, 2.45) is 0 Å². The summed E-state index contributed by atoms with van der Waals surface area (Å²) < 4.78 is 5.34. The van der Waals surface area contributed by atoms with Crippen molar-refractivity contribution in [1.82, 2.24) is 0 Å². The van der Waals surface area contributed by atoms with Crippen LogP contribution < -0.4 is 5.32 Å². The number of hydrogen-bond acceptors (Lipinski definition) is 3. The van der Waals surface area contributed by atoms with Crippen LogP contribution in [0.15, 0.2) is 42.5 Å². The lowest BCUT2D eigenvalue weighted by atomic mass is 10.1. The van der Waals surface area contributed by atoms with Crippen molar-refractivity contribution in [3.8, 4) is 0 Å². The molecule has 19 heavy (non-hydrogen) atoms. The van der Waals surface area contributed by atoms with Gasteiger partial charge in [0.2, 0.25) is 6.23 Å². The van der Waals surface area contributed by atoms with Gasteiger partial charge in [-0.1, -0.05) is 35.9 Å². The highest BCUT2D eigenvalue weighted by Gasteiger charge is 2.30. The van der Waals surface area contributed by atoms with Crippen molar-refractivity contribution in [2.75, 3.05) is 5.32 Å². The normalized spacial score (nSPS) is 16.9. The summed E-state index contributed by atoms with van der Waals surface area (Å²) >= 11 is 6.08. The zero-order valence-corrected chi connectivity index (χ0v) is 11.1. The smallest absolute Gasteiger partial charge is 0.340 e. The van der Waals surface area contributed by atoms with Crippen molar-refractivity contribution in [3.05, 3.63) is 64.2 Å². The first-order valence-electron chi connectivity index (χ1n) is 5.98. The standard InChI is InChI=1S/C15H12ClNO2/c1-9-12(16)7-4-8-13(9)17-14-10-5-2-3-6-11(10)15(18)19-14/h2-8,14,17H,1H3/t14-/m0/s1. The second-order valence-electron chi connectivity index (χ2n) is 4.43. The molecule has 3 rings (SSSR count). The van der Waals surface area contributed by atoms with Gasteiger partial charge in [0.25, 0.3) is 0 Å². The number of benzene rings is 2. The first kappa shape index (κ1) is 12.1. The lowest BCUT2D eigenvalue weighted by molar-refractivity contribution is 0.0437. The summed E-state index contributed by atoms with van der Waals surface area (Å²) in [5.74, 6) is -0.298. The van der Waals surface area contributed by atoms with E-state index in [9.17, 15) is 4.79 Å². The van der Waals surface area contributed by atoms with Gasteiger partial charge in [0.05, 0.1) is 5.56 Å². The Morgan fingerprint density at radius 3 is 2.79 bits per heavy atom. The monoisotopic (exact) mass is 273 g/mol. The molecule has 0 aliphatic carbocycles. The number of ether oxygens (including phenoxy) is 1. The van der Waals surface area contributed by atoms with E-state index in [0.29, 0.717) is 10.6 Å². The largest absolute Gasteiger partial charge is 0.434 e. The van der Waals surface area contributed by atoms with Crippen LogP contribution in [0.2, 0.25) is 5.02 Å². The third-order valence-electron chi connectivity index (χ3n) is 3.24. The fourth-order valence-electron chi connectivity index (χ4n) is 2.16. The average molecular weight is 274 g/mol. The SMILES string of the molecule is Cc1c(Cl)cccc1N[C@H]1OC(=O)c2ccccc21. The number of carbonyl (C=O) groups is 1. The summed E-state index contributed by atoms with van der Waals surface area (Å²) in [7, 11) is 0. The van der Waals surface area contributed by atoms with Crippen LogP contribution in [0.5, 0.6) is 0 Å². The fraction of sp³-hybridized carbons (Fsp3) is 0.133. The molecule has 0 aromatic heterocycles. The van der Waals surface area contributed by atoms with Gasteiger partial charge in [-0.15, -0.1) is 0 Å².